The lowest BCUT2D eigenvalue weighted by atomic mass is 9.99. The number of hydrogen-bond donors (Lipinski definition) is 0. The van der Waals surface area contributed by atoms with Crippen molar-refractivity contribution in [2.24, 2.45) is 0 Å². The van der Waals surface area contributed by atoms with Crippen molar-refractivity contribution in [2.75, 3.05) is 0 Å². The summed E-state index contributed by atoms with van der Waals surface area (Å²) in [7, 11) is 0. The normalized spacial score (nSPS) is 12.1. The highest BCUT2D eigenvalue weighted by atomic mass is 16.3. The molecule has 0 spiro atoms. The fourth-order valence-electron chi connectivity index (χ4n) is 7.87. The van der Waals surface area contributed by atoms with Crippen LogP contribution in [0.1, 0.15) is 0 Å². The van der Waals surface area contributed by atoms with Gasteiger partial charge in [-0.2, -0.15) is 0 Å². The minimum atomic E-state index is 0.671. The molecule has 11 aromatic rings. The molecule has 4 heterocycles. The number of fused-ring (bicyclic) bond motifs is 11. The zero-order valence-corrected chi connectivity index (χ0v) is 26.2. The molecular weight excluding hydrogens is 601 g/mol. The van der Waals surface area contributed by atoms with Gasteiger partial charge in [-0.05, 0) is 47.9 Å². The molecule has 4 aromatic heterocycles. The van der Waals surface area contributed by atoms with E-state index in [0.29, 0.717) is 5.82 Å². The van der Waals surface area contributed by atoms with Gasteiger partial charge in [0.25, 0.3) is 0 Å². The fraction of sp³-hybridized carbons (Fsp3) is 0. The molecule has 0 aliphatic heterocycles. The maximum Gasteiger partial charge on any atom is 0.160 e. The predicted molar refractivity (Wildman–Crippen MR) is 201 cm³/mol. The summed E-state index contributed by atoms with van der Waals surface area (Å²) in [4.78, 5) is 10.4. The van der Waals surface area contributed by atoms with Gasteiger partial charge in [0.05, 0.1) is 34.0 Å². The molecule has 0 atom stereocenters. The van der Waals surface area contributed by atoms with Gasteiger partial charge in [-0.1, -0.05) is 109 Å². The number of rotatable bonds is 3. The zero-order chi connectivity index (χ0) is 32.1. The molecular formula is C44H26N4O. The number of benzene rings is 7. The molecule has 49 heavy (non-hydrogen) atoms. The third-order valence-corrected chi connectivity index (χ3v) is 9.96. The Morgan fingerprint density at radius 1 is 0.469 bits per heavy atom. The van der Waals surface area contributed by atoms with Crippen LogP contribution in [0.25, 0.3) is 99.2 Å². The van der Waals surface area contributed by atoms with Crippen molar-refractivity contribution < 1.29 is 4.42 Å². The lowest BCUT2D eigenvalue weighted by Crippen LogP contribution is -1.95. The van der Waals surface area contributed by atoms with E-state index in [4.69, 9.17) is 14.4 Å². The quantitative estimate of drug-likeness (QED) is 0.196. The van der Waals surface area contributed by atoms with Crippen LogP contribution in [0.5, 0.6) is 0 Å². The van der Waals surface area contributed by atoms with E-state index in [1.807, 2.05) is 12.3 Å². The molecule has 0 saturated heterocycles. The van der Waals surface area contributed by atoms with Gasteiger partial charge in [0.1, 0.15) is 11.1 Å². The van der Waals surface area contributed by atoms with Crippen molar-refractivity contribution in [1.29, 1.82) is 0 Å². The summed E-state index contributed by atoms with van der Waals surface area (Å²) >= 11 is 0. The van der Waals surface area contributed by atoms with Crippen LogP contribution < -0.4 is 0 Å². The lowest BCUT2D eigenvalue weighted by Gasteiger charge is -2.09. The van der Waals surface area contributed by atoms with Crippen LogP contribution in [0.4, 0.5) is 0 Å². The van der Waals surface area contributed by atoms with Gasteiger partial charge in [-0.15, -0.1) is 0 Å². The van der Waals surface area contributed by atoms with Crippen LogP contribution in [0.3, 0.4) is 0 Å². The second kappa shape index (κ2) is 9.89. The third-order valence-electron chi connectivity index (χ3n) is 9.96. The van der Waals surface area contributed by atoms with Gasteiger partial charge in [0, 0.05) is 43.6 Å². The molecule has 0 amide bonds. The summed E-state index contributed by atoms with van der Waals surface area (Å²) in [6.45, 7) is 0. The van der Waals surface area contributed by atoms with Crippen molar-refractivity contribution in [1.82, 2.24) is 19.1 Å². The summed E-state index contributed by atoms with van der Waals surface area (Å²) in [6, 6.07) is 53.1. The fourth-order valence-corrected chi connectivity index (χ4v) is 7.87. The molecule has 0 unspecified atom stereocenters. The van der Waals surface area contributed by atoms with Crippen molar-refractivity contribution in [3.63, 3.8) is 0 Å². The van der Waals surface area contributed by atoms with E-state index < -0.39 is 0 Å². The van der Waals surface area contributed by atoms with Crippen LogP contribution in [0, 0.1) is 0 Å². The highest BCUT2D eigenvalue weighted by Gasteiger charge is 2.23. The Morgan fingerprint density at radius 2 is 1.08 bits per heavy atom. The van der Waals surface area contributed by atoms with Crippen molar-refractivity contribution in [3.05, 3.63) is 158 Å². The minimum Gasteiger partial charge on any atom is -0.453 e. The van der Waals surface area contributed by atoms with E-state index in [1.54, 1.807) is 0 Å². The average Bonchev–Trinajstić information content (AvgIpc) is 3.83. The van der Waals surface area contributed by atoms with Crippen molar-refractivity contribution >= 4 is 76.5 Å². The number of aromatic nitrogens is 4. The smallest absolute Gasteiger partial charge is 0.160 e. The molecule has 0 bridgehead atoms. The van der Waals surface area contributed by atoms with Crippen LogP contribution >= 0.6 is 0 Å². The Labute approximate surface area is 279 Å². The lowest BCUT2D eigenvalue weighted by molar-refractivity contribution is 0.670. The summed E-state index contributed by atoms with van der Waals surface area (Å²) in [5, 5.41) is 7.72. The summed E-state index contributed by atoms with van der Waals surface area (Å²) in [5.74, 6) is 0.671. The largest absolute Gasteiger partial charge is 0.453 e. The Balaban J connectivity index is 1.24. The maximum atomic E-state index is 7.02. The second-order valence-electron chi connectivity index (χ2n) is 12.6. The van der Waals surface area contributed by atoms with E-state index in [9.17, 15) is 0 Å². The molecule has 11 rings (SSSR count). The van der Waals surface area contributed by atoms with E-state index in [-0.39, 0.29) is 0 Å². The van der Waals surface area contributed by atoms with E-state index in [2.05, 4.69) is 155 Å². The Morgan fingerprint density at radius 3 is 1.84 bits per heavy atom. The first-order valence-corrected chi connectivity index (χ1v) is 16.5. The van der Waals surface area contributed by atoms with E-state index in [0.717, 1.165) is 82.6 Å². The molecule has 7 aromatic carbocycles. The van der Waals surface area contributed by atoms with Gasteiger partial charge in [-0.25, -0.2) is 9.97 Å². The standard InChI is InChI=1S/C44H26N4O/c1-2-14-28(15-3-1)47-37-23-11-8-19-32(37)41-39(47)26-45-44(46-41)34-25-27-13-4-5-16-29(27)43-40(34)33-20-12-24-38(42(33)49-43)48-35-21-9-6-17-30(35)31-18-7-10-22-36(31)48/h1-26H. The van der Waals surface area contributed by atoms with E-state index in [1.165, 1.54) is 10.8 Å². The van der Waals surface area contributed by atoms with Crippen LogP contribution in [0.2, 0.25) is 0 Å². The Hall–Kier alpha value is -6.72. The monoisotopic (exact) mass is 626 g/mol. The highest BCUT2D eigenvalue weighted by Crippen LogP contribution is 2.44. The molecule has 0 aliphatic rings. The minimum absolute atomic E-state index is 0.671. The molecule has 228 valence electrons. The molecule has 5 heteroatoms. The van der Waals surface area contributed by atoms with Crippen LogP contribution in [-0.2, 0) is 0 Å². The first-order chi connectivity index (χ1) is 24.3. The third kappa shape index (κ3) is 3.64. The summed E-state index contributed by atoms with van der Waals surface area (Å²) in [5.41, 5.74) is 9.99. The maximum absolute atomic E-state index is 7.02. The summed E-state index contributed by atoms with van der Waals surface area (Å²) in [6.07, 6.45) is 1.97. The molecule has 0 saturated carbocycles. The van der Waals surface area contributed by atoms with Crippen LogP contribution in [-0.4, -0.2) is 19.1 Å². The SMILES string of the molecule is c1ccc(-n2c3ccccc3c3nc(-c4cc5ccccc5c5oc6c(-n7c8ccccc8c8ccccc87)cccc6c45)ncc32)cc1. The zero-order valence-electron chi connectivity index (χ0n) is 26.2. The number of nitrogens with zero attached hydrogens (tertiary/aromatic N) is 4. The predicted octanol–water partition coefficient (Wildman–Crippen LogP) is 11.4. The van der Waals surface area contributed by atoms with Gasteiger partial charge in [0.15, 0.2) is 11.4 Å². The Kier molecular flexibility index (Phi) is 5.32. The van der Waals surface area contributed by atoms with Gasteiger partial charge in [-0.3, -0.25) is 0 Å². The topological polar surface area (TPSA) is 48.8 Å². The van der Waals surface area contributed by atoms with E-state index >= 15 is 0 Å². The molecule has 0 N–H and O–H groups in total. The number of hydrogen-bond acceptors (Lipinski definition) is 3. The molecule has 0 fully saturated rings. The Bertz CT molecular complexity index is 3060. The first kappa shape index (κ1) is 26.4. The first-order valence-electron chi connectivity index (χ1n) is 16.5. The number of furan rings is 1. The van der Waals surface area contributed by atoms with Crippen molar-refractivity contribution in [2.45, 2.75) is 0 Å². The molecule has 0 aliphatic carbocycles. The molecule has 0 radical (unpaired) electrons. The average molecular weight is 627 g/mol. The summed E-state index contributed by atoms with van der Waals surface area (Å²) < 4.78 is 11.6. The van der Waals surface area contributed by atoms with Crippen molar-refractivity contribution in [3.8, 4) is 22.8 Å². The highest BCUT2D eigenvalue weighted by molar-refractivity contribution is 6.22. The van der Waals surface area contributed by atoms with Gasteiger partial charge in [0.2, 0.25) is 0 Å². The van der Waals surface area contributed by atoms with Gasteiger partial charge >= 0.3 is 0 Å². The molecule has 5 nitrogen and oxygen atoms in total. The number of para-hydroxylation sites is 5. The van der Waals surface area contributed by atoms with Gasteiger partial charge < -0.3 is 13.6 Å². The van der Waals surface area contributed by atoms with Crippen LogP contribution in [0.15, 0.2) is 162 Å². The second-order valence-corrected chi connectivity index (χ2v) is 12.6.